The van der Waals surface area contributed by atoms with Crippen LogP contribution in [0, 0.1) is 6.92 Å². The second-order valence-corrected chi connectivity index (χ2v) is 10.2. The first kappa shape index (κ1) is 27.5. The molecule has 0 aliphatic rings. The van der Waals surface area contributed by atoms with E-state index in [2.05, 4.69) is 17.6 Å². The summed E-state index contributed by atoms with van der Waals surface area (Å²) in [5.41, 5.74) is 0.691. The Bertz CT molecular complexity index is 761. The molecule has 0 radical (unpaired) electrons. The molecule has 1 rings (SSSR count). The standard InChI is InChI=1S/C25H41N3O4/c1-9-10-11-16-28(20(29)17-26-23(31)32-25(6,7)8)21(22(30)27-24(3,4)5)19-14-12-18(2)13-15-19/h12-15,21H,9-11,16-17H2,1-8H3,(H,26,31)(H,27,30). The number of hydrogen-bond donors (Lipinski definition) is 2. The van der Waals surface area contributed by atoms with Crippen molar-refractivity contribution in [3.05, 3.63) is 35.4 Å². The van der Waals surface area contributed by atoms with Crippen LogP contribution in [0.2, 0.25) is 0 Å². The van der Waals surface area contributed by atoms with Gasteiger partial charge in [0.15, 0.2) is 0 Å². The van der Waals surface area contributed by atoms with Crippen LogP contribution >= 0.6 is 0 Å². The molecule has 7 nitrogen and oxygen atoms in total. The maximum Gasteiger partial charge on any atom is 0.408 e. The third-order valence-electron chi connectivity index (χ3n) is 4.56. The molecule has 0 aliphatic carbocycles. The molecule has 180 valence electrons. The summed E-state index contributed by atoms with van der Waals surface area (Å²) < 4.78 is 5.24. The normalized spacial score (nSPS) is 12.6. The van der Waals surface area contributed by atoms with E-state index in [1.165, 1.54) is 0 Å². The quantitative estimate of drug-likeness (QED) is 0.546. The number of carbonyl (C=O) groups excluding carboxylic acids is 3. The van der Waals surface area contributed by atoms with Gasteiger partial charge in [-0.1, -0.05) is 49.6 Å². The van der Waals surface area contributed by atoms with Crippen molar-refractivity contribution in [2.24, 2.45) is 0 Å². The van der Waals surface area contributed by atoms with Crippen molar-refractivity contribution >= 4 is 17.9 Å². The maximum atomic E-state index is 13.3. The fraction of sp³-hybridized carbons (Fsp3) is 0.640. The fourth-order valence-corrected chi connectivity index (χ4v) is 3.15. The predicted molar refractivity (Wildman–Crippen MR) is 127 cm³/mol. The van der Waals surface area contributed by atoms with Gasteiger partial charge in [-0.15, -0.1) is 0 Å². The van der Waals surface area contributed by atoms with Crippen LogP contribution in [-0.4, -0.2) is 47.0 Å². The molecule has 1 aromatic rings. The molecule has 0 spiro atoms. The Balaban J connectivity index is 3.19. The number of nitrogens with one attached hydrogen (secondary N) is 2. The van der Waals surface area contributed by atoms with Gasteiger partial charge in [0.05, 0.1) is 0 Å². The Labute approximate surface area is 193 Å². The minimum absolute atomic E-state index is 0.244. The molecule has 0 saturated heterocycles. The van der Waals surface area contributed by atoms with Crippen molar-refractivity contribution in [2.75, 3.05) is 13.1 Å². The van der Waals surface area contributed by atoms with Gasteiger partial charge in [0.1, 0.15) is 18.2 Å². The molecule has 1 aromatic carbocycles. The van der Waals surface area contributed by atoms with Crippen molar-refractivity contribution in [1.82, 2.24) is 15.5 Å². The zero-order valence-electron chi connectivity index (χ0n) is 21.0. The average molecular weight is 448 g/mol. The molecule has 0 heterocycles. The Morgan fingerprint density at radius 2 is 1.59 bits per heavy atom. The van der Waals surface area contributed by atoms with Gasteiger partial charge >= 0.3 is 6.09 Å². The van der Waals surface area contributed by atoms with Gasteiger partial charge in [0, 0.05) is 12.1 Å². The molecule has 1 unspecified atom stereocenters. The SMILES string of the molecule is CCCCCN(C(=O)CNC(=O)OC(C)(C)C)C(C(=O)NC(C)(C)C)c1ccc(C)cc1. The highest BCUT2D eigenvalue weighted by Gasteiger charge is 2.33. The summed E-state index contributed by atoms with van der Waals surface area (Å²) in [6.07, 6.45) is 2.03. The van der Waals surface area contributed by atoms with E-state index < -0.39 is 23.3 Å². The monoisotopic (exact) mass is 447 g/mol. The molecule has 3 amide bonds. The van der Waals surface area contributed by atoms with E-state index >= 15 is 0 Å². The van der Waals surface area contributed by atoms with E-state index in [0.717, 1.165) is 30.4 Å². The van der Waals surface area contributed by atoms with Crippen molar-refractivity contribution in [1.29, 1.82) is 0 Å². The number of benzene rings is 1. The first-order valence-electron chi connectivity index (χ1n) is 11.4. The van der Waals surface area contributed by atoms with Crippen LogP contribution in [0.25, 0.3) is 0 Å². The summed E-state index contributed by atoms with van der Waals surface area (Å²) in [4.78, 5) is 40.2. The number of aryl methyl sites for hydroxylation is 1. The minimum atomic E-state index is -0.792. The average Bonchev–Trinajstić information content (AvgIpc) is 2.64. The zero-order chi connectivity index (χ0) is 24.5. The number of ether oxygens (including phenoxy) is 1. The zero-order valence-corrected chi connectivity index (χ0v) is 21.0. The van der Waals surface area contributed by atoms with Gasteiger partial charge in [-0.2, -0.15) is 0 Å². The molecule has 0 bridgehead atoms. The third kappa shape index (κ3) is 10.2. The Hall–Kier alpha value is -2.57. The van der Waals surface area contributed by atoms with Crippen LogP contribution in [0.3, 0.4) is 0 Å². The van der Waals surface area contributed by atoms with E-state index in [0.29, 0.717) is 6.54 Å². The topological polar surface area (TPSA) is 87.7 Å². The van der Waals surface area contributed by atoms with Crippen LogP contribution < -0.4 is 10.6 Å². The molecule has 1 atom stereocenters. The summed E-state index contributed by atoms with van der Waals surface area (Å²) >= 11 is 0. The number of carbonyl (C=O) groups is 3. The van der Waals surface area contributed by atoms with E-state index in [-0.39, 0.29) is 18.4 Å². The van der Waals surface area contributed by atoms with E-state index in [4.69, 9.17) is 4.74 Å². The van der Waals surface area contributed by atoms with Gasteiger partial charge in [-0.05, 0) is 60.5 Å². The fourth-order valence-electron chi connectivity index (χ4n) is 3.15. The summed E-state index contributed by atoms with van der Waals surface area (Å²) in [5.74, 6) is -0.579. The van der Waals surface area contributed by atoms with Gasteiger partial charge in [-0.25, -0.2) is 4.79 Å². The van der Waals surface area contributed by atoms with Crippen molar-refractivity contribution in [3.8, 4) is 0 Å². The van der Waals surface area contributed by atoms with Gasteiger partial charge in [0.25, 0.3) is 0 Å². The maximum absolute atomic E-state index is 13.3. The minimum Gasteiger partial charge on any atom is -0.444 e. The molecule has 0 saturated carbocycles. The smallest absolute Gasteiger partial charge is 0.408 e. The lowest BCUT2D eigenvalue weighted by atomic mass is 10.00. The highest BCUT2D eigenvalue weighted by molar-refractivity contribution is 5.90. The van der Waals surface area contributed by atoms with Crippen LogP contribution in [0.5, 0.6) is 0 Å². The van der Waals surface area contributed by atoms with Crippen LogP contribution in [-0.2, 0) is 14.3 Å². The first-order chi connectivity index (χ1) is 14.7. The third-order valence-corrected chi connectivity index (χ3v) is 4.56. The Kier molecular flexibility index (Phi) is 10.2. The lowest BCUT2D eigenvalue weighted by Gasteiger charge is -2.34. The molecule has 0 aromatic heterocycles. The van der Waals surface area contributed by atoms with E-state index in [9.17, 15) is 14.4 Å². The van der Waals surface area contributed by atoms with Crippen LogP contribution in [0.4, 0.5) is 4.79 Å². The largest absolute Gasteiger partial charge is 0.444 e. The highest BCUT2D eigenvalue weighted by Crippen LogP contribution is 2.24. The molecular formula is C25H41N3O4. The highest BCUT2D eigenvalue weighted by atomic mass is 16.6. The van der Waals surface area contributed by atoms with Gasteiger partial charge in [-0.3, -0.25) is 9.59 Å². The summed E-state index contributed by atoms with van der Waals surface area (Å²) in [5, 5.41) is 5.54. The molecule has 2 N–H and O–H groups in total. The molecule has 0 fully saturated rings. The second-order valence-electron chi connectivity index (χ2n) is 10.2. The van der Waals surface area contributed by atoms with Crippen LogP contribution in [0.1, 0.15) is 84.9 Å². The molecule has 32 heavy (non-hydrogen) atoms. The van der Waals surface area contributed by atoms with Crippen molar-refractivity contribution < 1.29 is 19.1 Å². The predicted octanol–water partition coefficient (Wildman–Crippen LogP) is 4.49. The number of alkyl carbamates (subject to hydrolysis) is 1. The van der Waals surface area contributed by atoms with E-state index in [1.54, 1.807) is 25.7 Å². The number of amides is 3. The number of hydrogen-bond acceptors (Lipinski definition) is 4. The number of nitrogens with zero attached hydrogens (tertiary/aromatic N) is 1. The van der Waals surface area contributed by atoms with Gasteiger partial charge in [0.2, 0.25) is 11.8 Å². The second kappa shape index (κ2) is 11.9. The summed E-state index contributed by atoms with van der Waals surface area (Å²) in [6, 6.07) is 6.83. The first-order valence-corrected chi connectivity index (χ1v) is 11.4. The van der Waals surface area contributed by atoms with Crippen molar-refractivity contribution in [3.63, 3.8) is 0 Å². The Morgan fingerprint density at radius 3 is 2.09 bits per heavy atom. The summed E-state index contributed by atoms with van der Waals surface area (Å²) in [7, 11) is 0. The van der Waals surface area contributed by atoms with Gasteiger partial charge < -0.3 is 20.3 Å². The van der Waals surface area contributed by atoms with Crippen LogP contribution in [0.15, 0.2) is 24.3 Å². The molecular weight excluding hydrogens is 406 g/mol. The van der Waals surface area contributed by atoms with Crippen molar-refractivity contribution in [2.45, 2.75) is 91.8 Å². The van der Waals surface area contributed by atoms with E-state index in [1.807, 2.05) is 52.0 Å². The lowest BCUT2D eigenvalue weighted by Crippen LogP contribution is -2.51. The number of unbranched alkanes of at least 4 members (excludes halogenated alkanes) is 2. The lowest BCUT2D eigenvalue weighted by molar-refractivity contribution is -0.141. The summed E-state index contributed by atoms with van der Waals surface area (Å²) in [6.45, 7) is 15.2. The number of rotatable bonds is 9. The molecule has 7 heteroatoms. The molecule has 0 aliphatic heterocycles. The Morgan fingerprint density at radius 1 is 1.00 bits per heavy atom.